The fourth-order valence-corrected chi connectivity index (χ4v) is 2.98. The third-order valence-corrected chi connectivity index (χ3v) is 4.35. The SMILES string of the molecule is CC(Cc1cccc(S(=O)(=O)O)c1)N1CCNCC1. The van der Waals surface area contributed by atoms with E-state index in [4.69, 9.17) is 4.55 Å². The summed E-state index contributed by atoms with van der Waals surface area (Å²) in [5.41, 5.74) is 0.932. The van der Waals surface area contributed by atoms with Crippen LogP contribution in [-0.2, 0) is 16.5 Å². The van der Waals surface area contributed by atoms with Crippen molar-refractivity contribution in [2.24, 2.45) is 0 Å². The van der Waals surface area contributed by atoms with Gasteiger partial charge < -0.3 is 5.32 Å². The Kier molecular flexibility index (Phi) is 4.57. The molecule has 1 atom stereocenters. The molecule has 19 heavy (non-hydrogen) atoms. The lowest BCUT2D eigenvalue weighted by Crippen LogP contribution is -2.48. The topological polar surface area (TPSA) is 69.6 Å². The zero-order chi connectivity index (χ0) is 13.9. The van der Waals surface area contributed by atoms with Crippen LogP contribution in [-0.4, -0.2) is 50.1 Å². The first-order valence-corrected chi connectivity index (χ1v) is 7.92. The molecule has 0 aromatic heterocycles. The molecule has 106 valence electrons. The van der Waals surface area contributed by atoms with E-state index in [9.17, 15) is 8.42 Å². The third-order valence-electron chi connectivity index (χ3n) is 3.50. The highest BCUT2D eigenvalue weighted by atomic mass is 32.2. The van der Waals surface area contributed by atoms with Gasteiger partial charge in [0.1, 0.15) is 0 Å². The maximum Gasteiger partial charge on any atom is 0.294 e. The summed E-state index contributed by atoms with van der Waals surface area (Å²) in [5, 5.41) is 3.31. The third kappa shape index (κ3) is 4.01. The van der Waals surface area contributed by atoms with Gasteiger partial charge in [0.25, 0.3) is 10.1 Å². The summed E-state index contributed by atoms with van der Waals surface area (Å²) in [4.78, 5) is 2.36. The molecule has 1 aliphatic heterocycles. The Morgan fingerprint density at radius 2 is 2.05 bits per heavy atom. The minimum atomic E-state index is -4.11. The van der Waals surface area contributed by atoms with Gasteiger partial charge in [-0.1, -0.05) is 12.1 Å². The molecule has 1 fully saturated rings. The number of hydrogen-bond donors (Lipinski definition) is 2. The van der Waals surface area contributed by atoms with Gasteiger partial charge in [0.05, 0.1) is 4.90 Å². The van der Waals surface area contributed by atoms with Crippen LogP contribution in [0.2, 0.25) is 0 Å². The predicted molar refractivity (Wildman–Crippen MR) is 73.9 cm³/mol. The molecule has 0 bridgehead atoms. The summed E-state index contributed by atoms with van der Waals surface area (Å²) in [6.45, 7) is 6.16. The van der Waals surface area contributed by atoms with Crippen molar-refractivity contribution < 1.29 is 13.0 Å². The van der Waals surface area contributed by atoms with E-state index in [0.717, 1.165) is 38.2 Å². The summed E-state index contributed by atoms with van der Waals surface area (Å²) >= 11 is 0. The lowest BCUT2D eigenvalue weighted by atomic mass is 10.1. The minimum absolute atomic E-state index is 0.0301. The molecule has 0 amide bonds. The van der Waals surface area contributed by atoms with E-state index in [-0.39, 0.29) is 4.90 Å². The number of hydrogen-bond acceptors (Lipinski definition) is 4. The molecule has 2 rings (SSSR count). The van der Waals surface area contributed by atoms with Crippen molar-refractivity contribution in [1.82, 2.24) is 10.2 Å². The van der Waals surface area contributed by atoms with E-state index in [0.29, 0.717) is 6.04 Å². The van der Waals surface area contributed by atoms with E-state index in [2.05, 4.69) is 17.1 Å². The first-order chi connectivity index (χ1) is 8.97. The van der Waals surface area contributed by atoms with Gasteiger partial charge >= 0.3 is 0 Å². The molecule has 5 nitrogen and oxygen atoms in total. The highest BCUT2D eigenvalue weighted by molar-refractivity contribution is 7.85. The minimum Gasteiger partial charge on any atom is -0.314 e. The molecule has 0 radical (unpaired) electrons. The molecule has 0 aliphatic carbocycles. The van der Waals surface area contributed by atoms with Crippen LogP contribution in [0.4, 0.5) is 0 Å². The van der Waals surface area contributed by atoms with Crippen LogP contribution in [0, 0.1) is 0 Å². The molecular formula is C13H20N2O3S. The molecule has 2 N–H and O–H groups in total. The van der Waals surface area contributed by atoms with Crippen molar-refractivity contribution in [2.45, 2.75) is 24.3 Å². The lowest BCUT2D eigenvalue weighted by molar-refractivity contribution is 0.183. The molecule has 0 saturated carbocycles. The van der Waals surface area contributed by atoms with Crippen LogP contribution in [0.1, 0.15) is 12.5 Å². The zero-order valence-electron chi connectivity index (χ0n) is 11.0. The second kappa shape index (κ2) is 6.00. The zero-order valence-corrected chi connectivity index (χ0v) is 11.9. The largest absolute Gasteiger partial charge is 0.314 e. The average molecular weight is 284 g/mol. The Hall–Kier alpha value is -0.950. The van der Waals surface area contributed by atoms with Gasteiger partial charge in [-0.2, -0.15) is 8.42 Å². The predicted octanol–water partition coefficient (Wildman–Crippen LogP) is 0.770. The quantitative estimate of drug-likeness (QED) is 0.799. The van der Waals surface area contributed by atoms with Crippen molar-refractivity contribution in [3.63, 3.8) is 0 Å². The van der Waals surface area contributed by atoms with Gasteiger partial charge in [0.2, 0.25) is 0 Å². The van der Waals surface area contributed by atoms with E-state index in [1.54, 1.807) is 12.1 Å². The van der Waals surface area contributed by atoms with Crippen LogP contribution in [0.3, 0.4) is 0 Å². The van der Waals surface area contributed by atoms with Crippen LogP contribution in [0.25, 0.3) is 0 Å². The van der Waals surface area contributed by atoms with E-state index in [1.807, 2.05) is 6.07 Å². The maximum atomic E-state index is 11.1. The summed E-state index contributed by atoms with van der Waals surface area (Å²) in [6.07, 6.45) is 0.781. The van der Waals surface area contributed by atoms with Gasteiger partial charge in [-0.25, -0.2) is 0 Å². The van der Waals surface area contributed by atoms with E-state index in [1.165, 1.54) is 6.07 Å². The molecule has 1 unspecified atom stereocenters. The number of piperazine rings is 1. The van der Waals surface area contributed by atoms with Crippen molar-refractivity contribution in [1.29, 1.82) is 0 Å². The molecule has 1 saturated heterocycles. The normalized spacial score (nSPS) is 19.3. The summed E-state index contributed by atoms with van der Waals surface area (Å²) in [7, 11) is -4.11. The summed E-state index contributed by atoms with van der Waals surface area (Å²) < 4.78 is 31.3. The van der Waals surface area contributed by atoms with Gasteiger partial charge in [-0.05, 0) is 31.0 Å². The van der Waals surface area contributed by atoms with Crippen molar-refractivity contribution in [3.8, 4) is 0 Å². The maximum absolute atomic E-state index is 11.1. The standard InChI is InChI=1S/C13H20N2O3S/c1-11(15-7-5-14-6-8-15)9-12-3-2-4-13(10-12)19(16,17)18/h2-4,10-11,14H,5-9H2,1H3,(H,16,17,18). The Labute approximate surface area is 114 Å². The molecule has 1 aromatic carbocycles. The fourth-order valence-electron chi connectivity index (χ4n) is 2.43. The smallest absolute Gasteiger partial charge is 0.294 e. The summed E-state index contributed by atoms with van der Waals surface area (Å²) in [6, 6.07) is 6.89. The molecule has 6 heteroatoms. The van der Waals surface area contributed by atoms with Gasteiger partial charge in [-0.15, -0.1) is 0 Å². The van der Waals surface area contributed by atoms with Crippen molar-refractivity contribution >= 4 is 10.1 Å². The van der Waals surface area contributed by atoms with Crippen LogP contribution >= 0.6 is 0 Å². The van der Waals surface area contributed by atoms with Gasteiger partial charge in [0.15, 0.2) is 0 Å². The van der Waals surface area contributed by atoms with Crippen LogP contribution in [0.15, 0.2) is 29.2 Å². The highest BCUT2D eigenvalue weighted by Crippen LogP contribution is 2.14. The number of nitrogens with zero attached hydrogens (tertiary/aromatic N) is 1. The fraction of sp³-hybridized carbons (Fsp3) is 0.538. The van der Waals surface area contributed by atoms with E-state index >= 15 is 0 Å². The van der Waals surface area contributed by atoms with Gasteiger partial charge in [-0.3, -0.25) is 9.45 Å². The Morgan fingerprint density at radius 1 is 1.37 bits per heavy atom. The Morgan fingerprint density at radius 3 is 2.68 bits per heavy atom. The molecule has 1 aromatic rings. The summed E-state index contributed by atoms with van der Waals surface area (Å²) in [5.74, 6) is 0. The van der Waals surface area contributed by atoms with Crippen LogP contribution in [0.5, 0.6) is 0 Å². The Bertz CT molecular complexity index is 524. The molecule has 1 aliphatic rings. The number of nitrogens with one attached hydrogen (secondary N) is 1. The first kappa shape index (κ1) is 14.5. The van der Waals surface area contributed by atoms with Gasteiger partial charge in [0, 0.05) is 32.2 Å². The first-order valence-electron chi connectivity index (χ1n) is 6.48. The second-order valence-corrected chi connectivity index (χ2v) is 6.38. The molecule has 0 spiro atoms. The molecule has 1 heterocycles. The number of benzene rings is 1. The average Bonchev–Trinajstić information content (AvgIpc) is 2.39. The molecular weight excluding hydrogens is 264 g/mol. The van der Waals surface area contributed by atoms with E-state index < -0.39 is 10.1 Å². The van der Waals surface area contributed by atoms with Crippen molar-refractivity contribution in [2.75, 3.05) is 26.2 Å². The van der Waals surface area contributed by atoms with Crippen molar-refractivity contribution in [3.05, 3.63) is 29.8 Å². The lowest BCUT2D eigenvalue weighted by Gasteiger charge is -2.32. The van der Waals surface area contributed by atoms with Crippen LogP contribution < -0.4 is 5.32 Å². The number of rotatable bonds is 4. The highest BCUT2D eigenvalue weighted by Gasteiger charge is 2.17. The monoisotopic (exact) mass is 284 g/mol. The Balaban J connectivity index is 2.06. The second-order valence-electron chi connectivity index (χ2n) is 4.96.